The molecule has 0 saturated heterocycles. The van der Waals surface area contributed by atoms with Gasteiger partial charge >= 0.3 is 6.61 Å². The molecule has 0 saturated carbocycles. The third-order valence-electron chi connectivity index (χ3n) is 3.97. The van der Waals surface area contributed by atoms with E-state index in [-0.39, 0.29) is 23.2 Å². The highest BCUT2D eigenvalue weighted by Gasteiger charge is 2.09. The predicted octanol–water partition coefficient (Wildman–Crippen LogP) is 4.34. The average molecular weight is 469 g/mol. The number of carbonyl (C=O) groups is 1. The van der Waals surface area contributed by atoms with Crippen molar-refractivity contribution in [2.24, 2.45) is 0 Å². The van der Waals surface area contributed by atoms with E-state index in [0.29, 0.717) is 29.0 Å². The molecule has 0 radical (unpaired) electrons. The fourth-order valence-electron chi connectivity index (χ4n) is 2.48. The lowest BCUT2D eigenvalue weighted by Crippen LogP contribution is -2.27. The number of aromatic nitrogens is 2. The van der Waals surface area contributed by atoms with Crippen LogP contribution in [-0.2, 0) is 17.8 Å². The first-order valence-electron chi connectivity index (χ1n) is 9.23. The van der Waals surface area contributed by atoms with Crippen molar-refractivity contribution in [3.63, 3.8) is 0 Å². The fraction of sp³-hybridized carbons (Fsp3) is 0.250. The second-order valence-corrected chi connectivity index (χ2v) is 8.46. The molecule has 1 amide bonds. The first-order valence-corrected chi connectivity index (χ1v) is 11.0. The van der Waals surface area contributed by atoms with Crippen LogP contribution >= 0.6 is 23.1 Å². The van der Waals surface area contributed by atoms with Crippen molar-refractivity contribution in [1.82, 2.24) is 15.5 Å². The molecule has 31 heavy (non-hydrogen) atoms. The maximum absolute atomic E-state index is 12.9. The van der Waals surface area contributed by atoms with Gasteiger partial charge in [-0.1, -0.05) is 47.4 Å². The number of nitrogens with one attached hydrogen (secondary N) is 2. The molecule has 2 N–H and O–H groups in total. The molecule has 0 atom stereocenters. The Kier molecular flexibility index (Phi) is 8.53. The Morgan fingerprint density at radius 2 is 1.77 bits per heavy atom. The maximum atomic E-state index is 12.9. The molecule has 2 aromatic carbocycles. The molecular formula is C20H19F3N4O2S2. The predicted molar refractivity (Wildman–Crippen MR) is 114 cm³/mol. The van der Waals surface area contributed by atoms with Crippen LogP contribution in [0.1, 0.15) is 11.1 Å². The number of hydrogen-bond acceptors (Lipinski definition) is 7. The molecule has 11 heteroatoms. The largest absolute Gasteiger partial charge is 0.435 e. The van der Waals surface area contributed by atoms with Gasteiger partial charge in [0.25, 0.3) is 0 Å². The average Bonchev–Trinajstić information content (AvgIpc) is 3.21. The number of rotatable bonds is 11. The van der Waals surface area contributed by atoms with Crippen molar-refractivity contribution in [1.29, 1.82) is 0 Å². The molecule has 1 aromatic heterocycles. The van der Waals surface area contributed by atoms with Crippen molar-refractivity contribution in [2.45, 2.75) is 23.9 Å². The number of anilines is 1. The second kappa shape index (κ2) is 11.6. The number of alkyl halides is 2. The molecule has 164 valence electrons. The Bertz CT molecular complexity index is 969. The summed E-state index contributed by atoms with van der Waals surface area (Å²) in [4.78, 5) is 12.0. The van der Waals surface area contributed by atoms with E-state index in [1.54, 1.807) is 24.3 Å². The summed E-state index contributed by atoms with van der Waals surface area (Å²) in [6.45, 7) is -1.93. The zero-order valence-electron chi connectivity index (χ0n) is 16.2. The van der Waals surface area contributed by atoms with E-state index >= 15 is 0 Å². The van der Waals surface area contributed by atoms with Gasteiger partial charge in [0.1, 0.15) is 11.6 Å². The number of benzene rings is 2. The lowest BCUT2D eigenvalue weighted by molar-refractivity contribution is -0.118. The monoisotopic (exact) mass is 468 g/mol. The van der Waals surface area contributed by atoms with Crippen molar-refractivity contribution in [3.05, 3.63) is 65.5 Å². The molecule has 3 rings (SSSR count). The number of ether oxygens (including phenoxy) is 1. The number of thioether (sulfide) groups is 1. The minimum atomic E-state index is -2.85. The lowest BCUT2D eigenvalue weighted by atomic mass is 10.1. The minimum Gasteiger partial charge on any atom is -0.435 e. The van der Waals surface area contributed by atoms with Gasteiger partial charge in [-0.3, -0.25) is 4.79 Å². The highest BCUT2D eigenvalue weighted by Crippen LogP contribution is 2.25. The third-order valence-corrected chi connectivity index (χ3v) is 5.99. The van der Waals surface area contributed by atoms with Crippen molar-refractivity contribution in [3.8, 4) is 5.75 Å². The molecular weight excluding hydrogens is 449 g/mol. The molecule has 6 nitrogen and oxygen atoms in total. The number of halogens is 3. The van der Waals surface area contributed by atoms with Crippen LogP contribution in [0.2, 0.25) is 0 Å². The Morgan fingerprint density at radius 3 is 2.48 bits per heavy atom. The van der Waals surface area contributed by atoms with Crippen molar-refractivity contribution < 1.29 is 22.7 Å². The van der Waals surface area contributed by atoms with Crippen LogP contribution in [0, 0.1) is 5.82 Å². The van der Waals surface area contributed by atoms with E-state index in [1.165, 1.54) is 47.4 Å². The molecule has 0 spiro atoms. The zero-order valence-corrected chi connectivity index (χ0v) is 17.8. The van der Waals surface area contributed by atoms with Crippen LogP contribution in [0.15, 0.2) is 52.9 Å². The normalized spacial score (nSPS) is 10.8. The molecule has 0 aliphatic heterocycles. The first kappa shape index (κ1) is 22.9. The molecule has 0 bridgehead atoms. The Morgan fingerprint density at radius 1 is 1.06 bits per heavy atom. The van der Waals surface area contributed by atoms with E-state index in [1.807, 2.05) is 0 Å². The van der Waals surface area contributed by atoms with E-state index in [9.17, 15) is 18.0 Å². The summed E-state index contributed by atoms with van der Waals surface area (Å²) in [6, 6.07) is 12.5. The molecule has 0 aliphatic rings. The Labute approximate surface area is 185 Å². The van der Waals surface area contributed by atoms with E-state index < -0.39 is 6.61 Å². The highest BCUT2D eigenvalue weighted by molar-refractivity contribution is 8.01. The summed E-state index contributed by atoms with van der Waals surface area (Å²) >= 11 is 2.62. The van der Waals surface area contributed by atoms with Gasteiger partial charge in [-0.05, 0) is 41.8 Å². The van der Waals surface area contributed by atoms with Crippen LogP contribution < -0.4 is 15.4 Å². The standard InChI is InChI=1S/C20H19F3N4O2S2/c21-15-5-1-14(2-6-15)11-25-19-26-27-20(31-19)30-12-17(28)24-10-9-13-3-7-16(8-4-13)29-18(22)23/h1-8,18H,9-12H2,(H,24,28)(H,25,26). The first-order chi connectivity index (χ1) is 15.0. The van der Waals surface area contributed by atoms with Crippen LogP contribution in [-0.4, -0.2) is 35.0 Å². The molecule has 3 aromatic rings. The minimum absolute atomic E-state index is 0.0998. The van der Waals surface area contributed by atoms with Gasteiger partial charge < -0.3 is 15.4 Å². The van der Waals surface area contributed by atoms with Gasteiger partial charge in [-0.2, -0.15) is 8.78 Å². The Balaban J connectivity index is 1.33. The maximum Gasteiger partial charge on any atom is 0.387 e. The quantitative estimate of drug-likeness (QED) is 0.408. The number of nitrogens with zero attached hydrogens (tertiary/aromatic N) is 2. The topological polar surface area (TPSA) is 76.1 Å². The highest BCUT2D eigenvalue weighted by atomic mass is 32.2. The number of amides is 1. The third kappa shape index (κ3) is 8.10. The van der Waals surface area contributed by atoms with Gasteiger partial charge in [-0.25, -0.2) is 4.39 Å². The summed E-state index contributed by atoms with van der Waals surface area (Å²) in [5, 5.41) is 14.6. The van der Waals surface area contributed by atoms with Crippen molar-refractivity contribution >= 4 is 34.1 Å². The van der Waals surface area contributed by atoms with Gasteiger partial charge in [0.2, 0.25) is 11.0 Å². The van der Waals surface area contributed by atoms with Gasteiger partial charge in [0.05, 0.1) is 5.75 Å². The van der Waals surface area contributed by atoms with Crippen LogP contribution in [0.4, 0.5) is 18.3 Å². The van der Waals surface area contributed by atoms with Crippen molar-refractivity contribution in [2.75, 3.05) is 17.6 Å². The summed E-state index contributed by atoms with van der Waals surface area (Å²) in [7, 11) is 0. The number of hydrogen-bond donors (Lipinski definition) is 2. The second-order valence-electron chi connectivity index (χ2n) is 6.26. The molecule has 0 fully saturated rings. The van der Waals surface area contributed by atoms with Gasteiger partial charge in [0, 0.05) is 13.1 Å². The lowest BCUT2D eigenvalue weighted by Gasteiger charge is -2.07. The SMILES string of the molecule is O=C(CSc1nnc(NCc2ccc(F)cc2)s1)NCCc1ccc(OC(F)F)cc1. The Hall–Kier alpha value is -2.79. The number of carbonyl (C=O) groups excluding carboxylic acids is 1. The summed E-state index contributed by atoms with van der Waals surface area (Å²) < 4.78 is 42.1. The van der Waals surface area contributed by atoms with Gasteiger partial charge in [-0.15, -0.1) is 10.2 Å². The van der Waals surface area contributed by atoms with E-state index in [2.05, 4.69) is 25.6 Å². The van der Waals surface area contributed by atoms with E-state index in [0.717, 1.165) is 11.1 Å². The smallest absolute Gasteiger partial charge is 0.387 e. The van der Waals surface area contributed by atoms with E-state index in [4.69, 9.17) is 0 Å². The fourth-order valence-corrected chi connectivity index (χ4v) is 4.06. The summed E-state index contributed by atoms with van der Waals surface area (Å²) in [5.41, 5.74) is 1.82. The molecule has 1 heterocycles. The van der Waals surface area contributed by atoms with Gasteiger partial charge in [0.15, 0.2) is 4.34 Å². The summed E-state index contributed by atoms with van der Waals surface area (Å²) in [6.07, 6.45) is 0.571. The molecule has 0 aliphatic carbocycles. The summed E-state index contributed by atoms with van der Waals surface area (Å²) in [5.74, 6) is -0.122. The van der Waals surface area contributed by atoms with Crippen LogP contribution in [0.25, 0.3) is 0 Å². The van der Waals surface area contributed by atoms with Crippen LogP contribution in [0.5, 0.6) is 5.75 Å². The van der Waals surface area contributed by atoms with Crippen LogP contribution in [0.3, 0.4) is 0 Å². The molecule has 0 unspecified atom stereocenters. The zero-order chi connectivity index (χ0) is 22.1.